The Bertz CT molecular complexity index is 161. The Morgan fingerprint density at radius 3 is 1.83 bits per heavy atom. The molecule has 1 rings (SSSR count). The molecule has 0 aromatic carbocycles. The molecule has 5 atom stereocenters. The number of rotatable bonds is 1. The molecule has 0 aliphatic heterocycles. The van der Waals surface area contributed by atoms with Crippen LogP contribution < -0.4 is 5.73 Å². The zero-order chi connectivity index (χ0) is 9.52. The second kappa shape index (κ2) is 2.91. The van der Waals surface area contributed by atoms with E-state index in [1.54, 1.807) is 0 Å². The molecular weight excluding hydrogens is 166 g/mol. The minimum atomic E-state index is -2.02. The molecule has 1 saturated carbocycles. The predicted molar refractivity (Wildman–Crippen MR) is 38.0 cm³/mol. The normalized spacial score (nSPS) is 54.5. The Morgan fingerprint density at radius 1 is 1.17 bits per heavy atom. The van der Waals surface area contributed by atoms with Crippen molar-refractivity contribution >= 4 is 0 Å². The molecule has 1 aliphatic rings. The smallest absolute Gasteiger partial charge is 0.134 e. The summed E-state index contributed by atoms with van der Waals surface area (Å²) in [4.78, 5) is 0. The second-order valence-electron chi connectivity index (χ2n) is 3.10. The second-order valence-corrected chi connectivity index (χ2v) is 3.10. The number of aliphatic hydroxyl groups excluding tert-OH is 4. The third-order valence-electron chi connectivity index (χ3n) is 2.38. The summed E-state index contributed by atoms with van der Waals surface area (Å²) in [5.74, 6) is 0. The van der Waals surface area contributed by atoms with Crippen LogP contribution in [0.25, 0.3) is 0 Å². The molecule has 1 aliphatic carbocycles. The van der Waals surface area contributed by atoms with E-state index in [0.29, 0.717) is 0 Å². The van der Waals surface area contributed by atoms with Crippen LogP contribution in [0.1, 0.15) is 0 Å². The van der Waals surface area contributed by atoms with Crippen LogP contribution in [0.4, 0.5) is 0 Å². The highest BCUT2D eigenvalue weighted by Gasteiger charge is 2.57. The lowest BCUT2D eigenvalue weighted by molar-refractivity contribution is -0.116. The summed E-state index contributed by atoms with van der Waals surface area (Å²) in [6.45, 7) is -0.802. The zero-order valence-electron chi connectivity index (χ0n) is 6.33. The van der Waals surface area contributed by atoms with Crippen LogP contribution in [-0.4, -0.2) is 62.1 Å². The first-order valence-corrected chi connectivity index (χ1v) is 3.58. The third kappa shape index (κ3) is 1.05. The molecule has 0 unspecified atom stereocenters. The minimum Gasteiger partial charge on any atom is -0.393 e. The molecule has 0 aromatic rings. The quantitative estimate of drug-likeness (QED) is 0.244. The average Bonchev–Trinajstić information content (AvgIpc) is 2.22. The van der Waals surface area contributed by atoms with Crippen molar-refractivity contribution in [1.29, 1.82) is 0 Å². The van der Waals surface area contributed by atoms with Gasteiger partial charge in [0.25, 0.3) is 0 Å². The van der Waals surface area contributed by atoms with Crippen molar-refractivity contribution in [2.45, 2.75) is 30.0 Å². The predicted octanol–water partition coefficient (Wildman–Crippen LogP) is -3.87. The molecule has 0 radical (unpaired) electrons. The SMILES string of the molecule is N[C@H]1[C@H](O)[C@@H](O)[C@H](O)[C@@]1(O)CO. The fourth-order valence-electron chi connectivity index (χ4n) is 1.39. The maximum atomic E-state index is 9.43. The first-order chi connectivity index (χ1) is 5.45. The van der Waals surface area contributed by atoms with Crippen molar-refractivity contribution in [2.24, 2.45) is 5.73 Å². The summed E-state index contributed by atoms with van der Waals surface area (Å²) in [5, 5.41) is 45.4. The maximum Gasteiger partial charge on any atom is 0.134 e. The standard InChI is InChI=1S/C6H13NO5/c7-4-2(9)3(10)5(11)6(4,12)1-8/h2-5,8-12H,1,7H2/t2-,3-,4+,5+,6-/m1/s1. The molecule has 0 heterocycles. The molecule has 6 nitrogen and oxygen atoms in total. The van der Waals surface area contributed by atoms with Crippen molar-refractivity contribution in [3.8, 4) is 0 Å². The largest absolute Gasteiger partial charge is 0.393 e. The molecule has 0 saturated heterocycles. The van der Waals surface area contributed by atoms with Crippen LogP contribution in [0.5, 0.6) is 0 Å². The lowest BCUT2D eigenvalue weighted by Gasteiger charge is -2.28. The molecule has 12 heavy (non-hydrogen) atoms. The van der Waals surface area contributed by atoms with E-state index in [9.17, 15) is 5.11 Å². The lowest BCUT2D eigenvalue weighted by atomic mass is 9.97. The van der Waals surface area contributed by atoms with Crippen LogP contribution in [0.3, 0.4) is 0 Å². The Kier molecular flexibility index (Phi) is 2.39. The van der Waals surface area contributed by atoms with Gasteiger partial charge in [-0.25, -0.2) is 0 Å². The van der Waals surface area contributed by atoms with Crippen molar-refractivity contribution < 1.29 is 25.5 Å². The molecule has 0 amide bonds. The van der Waals surface area contributed by atoms with Gasteiger partial charge in [-0.2, -0.15) is 0 Å². The Morgan fingerprint density at radius 2 is 1.67 bits per heavy atom. The monoisotopic (exact) mass is 179 g/mol. The number of hydrogen-bond acceptors (Lipinski definition) is 6. The average molecular weight is 179 g/mol. The first-order valence-electron chi connectivity index (χ1n) is 3.58. The van der Waals surface area contributed by atoms with E-state index in [2.05, 4.69) is 0 Å². The molecule has 0 aromatic heterocycles. The number of aliphatic hydroxyl groups is 5. The van der Waals surface area contributed by atoms with Gasteiger partial charge in [-0.05, 0) is 0 Å². The Balaban J connectivity index is 2.90. The van der Waals surface area contributed by atoms with Crippen molar-refractivity contribution in [3.63, 3.8) is 0 Å². The topological polar surface area (TPSA) is 127 Å². The van der Waals surface area contributed by atoms with Gasteiger partial charge in [0.2, 0.25) is 0 Å². The molecule has 0 spiro atoms. The van der Waals surface area contributed by atoms with E-state index in [1.807, 2.05) is 0 Å². The zero-order valence-corrected chi connectivity index (χ0v) is 6.33. The highest BCUT2D eigenvalue weighted by molar-refractivity contribution is 5.11. The van der Waals surface area contributed by atoms with Gasteiger partial charge in [-0.1, -0.05) is 0 Å². The van der Waals surface area contributed by atoms with Crippen LogP contribution in [0.15, 0.2) is 0 Å². The van der Waals surface area contributed by atoms with Gasteiger partial charge in [0.05, 0.1) is 12.6 Å². The number of hydrogen-bond donors (Lipinski definition) is 6. The lowest BCUT2D eigenvalue weighted by Crippen LogP contribution is -2.55. The molecule has 1 fully saturated rings. The van der Waals surface area contributed by atoms with Gasteiger partial charge in [0, 0.05) is 0 Å². The minimum absolute atomic E-state index is 0.802. The fourth-order valence-corrected chi connectivity index (χ4v) is 1.39. The van der Waals surface area contributed by atoms with Gasteiger partial charge >= 0.3 is 0 Å². The summed E-state index contributed by atoms with van der Waals surface area (Å²) < 4.78 is 0. The highest BCUT2D eigenvalue weighted by Crippen LogP contribution is 2.29. The summed E-state index contributed by atoms with van der Waals surface area (Å²) in [6.07, 6.45) is -4.55. The third-order valence-corrected chi connectivity index (χ3v) is 2.38. The van der Waals surface area contributed by atoms with Crippen LogP contribution in [-0.2, 0) is 0 Å². The Hall–Kier alpha value is -0.240. The van der Waals surface area contributed by atoms with E-state index < -0.39 is 36.6 Å². The van der Waals surface area contributed by atoms with Crippen molar-refractivity contribution in [3.05, 3.63) is 0 Å². The van der Waals surface area contributed by atoms with Gasteiger partial charge in [-0.15, -0.1) is 0 Å². The van der Waals surface area contributed by atoms with E-state index >= 15 is 0 Å². The first kappa shape index (κ1) is 9.85. The van der Waals surface area contributed by atoms with Gasteiger partial charge < -0.3 is 31.3 Å². The summed E-state index contributed by atoms with van der Waals surface area (Å²) in [6, 6.07) is -1.24. The van der Waals surface area contributed by atoms with E-state index in [-0.39, 0.29) is 0 Å². The fraction of sp³-hybridized carbons (Fsp3) is 1.00. The molecule has 6 heteroatoms. The molecule has 7 N–H and O–H groups in total. The van der Waals surface area contributed by atoms with E-state index in [0.717, 1.165) is 0 Å². The van der Waals surface area contributed by atoms with E-state index in [4.69, 9.17) is 26.2 Å². The van der Waals surface area contributed by atoms with Crippen molar-refractivity contribution in [2.75, 3.05) is 6.61 Å². The summed E-state index contributed by atoms with van der Waals surface area (Å²) in [5.41, 5.74) is 3.25. The summed E-state index contributed by atoms with van der Waals surface area (Å²) >= 11 is 0. The van der Waals surface area contributed by atoms with E-state index in [1.165, 1.54) is 0 Å². The van der Waals surface area contributed by atoms with Crippen LogP contribution in [0, 0.1) is 0 Å². The van der Waals surface area contributed by atoms with Crippen LogP contribution in [0.2, 0.25) is 0 Å². The molecule has 72 valence electrons. The van der Waals surface area contributed by atoms with Gasteiger partial charge in [-0.3, -0.25) is 0 Å². The van der Waals surface area contributed by atoms with Gasteiger partial charge in [0.1, 0.15) is 23.9 Å². The van der Waals surface area contributed by atoms with Crippen LogP contribution >= 0.6 is 0 Å². The maximum absolute atomic E-state index is 9.43. The molecule has 0 bridgehead atoms. The summed E-state index contributed by atoms with van der Waals surface area (Å²) in [7, 11) is 0. The van der Waals surface area contributed by atoms with Gasteiger partial charge in [0.15, 0.2) is 0 Å². The molecular formula is C6H13NO5. The highest BCUT2D eigenvalue weighted by atomic mass is 16.4. The Labute approximate surface area is 68.9 Å². The van der Waals surface area contributed by atoms with Crippen molar-refractivity contribution in [1.82, 2.24) is 0 Å². The number of nitrogens with two attached hydrogens (primary N) is 1.